The number of anilines is 2. The summed E-state index contributed by atoms with van der Waals surface area (Å²) in [7, 11) is 1.74. The fourth-order valence-corrected chi connectivity index (χ4v) is 2.99. The monoisotopic (exact) mass is 317 g/mol. The summed E-state index contributed by atoms with van der Waals surface area (Å²) in [6.07, 6.45) is 2.13. The maximum absolute atomic E-state index is 6.29. The van der Waals surface area contributed by atoms with E-state index in [4.69, 9.17) is 27.9 Å². The van der Waals surface area contributed by atoms with Crippen molar-refractivity contribution < 1.29 is 4.74 Å². The number of pyridine rings is 1. The highest BCUT2D eigenvalue weighted by Gasteiger charge is 2.25. The molecule has 1 aliphatic heterocycles. The van der Waals surface area contributed by atoms with Crippen LogP contribution in [-0.2, 0) is 4.74 Å². The van der Waals surface area contributed by atoms with Crippen molar-refractivity contribution >= 4 is 34.8 Å². The van der Waals surface area contributed by atoms with Crippen LogP contribution in [0.2, 0.25) is 10.0 Å². The van der Waals surface area contributed by atoms with Gasteiger partial charge in [0, 0.05) is 32.7 Å². The van der Waals surface area contributed by atoms with Gasteiger partial charge in [0.25, 0.3) is 0 Å². The smallest absolute Gasteiger partial charge is 0.149 e. The van der Waals surface area contributed by atoms with Crippen LogP contribution in [0, 0.1) is 5.92 Å². The van der Waals surface area contributed by atoms with E-state index in [0.717, 1.165) is 44.9 Å². The third-order valence-electron chi connectivity index (χ3n) is 3.44. The third kappa shape index (κ3) is 3.68. The number of hydrogen-bond donors (Lipinski definition) is 1. The van der Waals surface area contributed by atoms with Gasteiger partial charge in [0.1, 0.15) is 11.6 Å². The first-order chi connectivity index (χ1) is 9.65. The summed E-state index contributed by atoms with van der Waals surface area (Å²) in [4.78, 5) is 6.80. The van der Waals surface area contributed by atoms with Gasteiger partial charge in [-0.05, 0) is 18.9 Å². The summed E-state index contributed by atoms with van der Waals surface area (Å²) in [5.41, 5.74) is 0. The molecule has 6 heteroatoms. The fraction of sp³-hybridized carbons (Fsp3) is 0.643. The van der Waals surface area contributed by atoms with Crippen LogP contribution in [0.3, 0.4) is 0 Å². The summed E-state index contributed by atoms with van der Waals surface area (Å²) >= 11 is 12.5. The fourth-order valence-electron chi connectivity index (χ4n) is 2.44. The molecule has 0 aliphatic carbocycles. The van der Waals surface area contributed by atoms with E-state index in [1.165, 1.54) is 0 Å². The second-order valence-corrected chi connectivity index (χ2v) is 5.92. The van der Waals surface area contributed by atoms with Crippen molar-refractivity contribution in [3.8, 4) is 0 Å². The lowest BCUT2D eigenvalue weighted by Gasteiger charge is -2.20. The van der Waals surface area contributed by atoms with Crippen molar-refractivity contribution in [3.63, 3.8) is 0 Å². The minimum absolute atomic E-state index is 0.542. The third-order valence-corrected chi connectivity index (χ3v) is 4.01. The zero-order valence-corrected chi connectivity index (χ0v) is 13.5. The number of rotatable bonds is 6. The molecule has 20 heavy (non-hydrogen) atoms. The first-order valence-corrected chi connectivity index (χ1v) is 7.75. The highest BCUT2D eigenvalue weighted by molar-refractivity contribution is 6.37. The van der Waals surface area contributed by atoms with Crippen LogP contribution in [0.1, 0.15) is 19.8 Å². The van der Waals surface area contributed by atoms with Crippen molar-refractivity contribution in [2.75, 3.05) is 43.6 Å². The SMILES string of the molecule is CCCNc1nc(N2CCC(COC)C2)c(Cl)cc1Cl. The molecule has 1 saturated heterocycles. The Morgan fingerprint density at radius 3 is 2.95 bits per heavy atom. The summed E-state index contributed by atoms with van der Waals surface area (Å²) in [6.45, 7) is 5.61. The Balaban J connectivity index is 2.14. The number of nitrogens with zero attached hydrogens (tertiary/aromatic N) is 2. The predicted octanol–water partition coefficient (Wildman–Crippen LogP) is 3.68. The van der Waals surface area contributed by atoms with Crippen molar-refractivity contribution in [3.05, 3.63) is 16.1 Å². The molecule has 0 aromatic carbocycles. The van der Waals surface area contributed by atoms with Gasteiger partial charge in [0.05, 0.1) is 16.7 Å². The van der Waals surface area contributed by atoms with Gasteiger partial charge in [-0.3, -0.25) is 0 Å². The minimum atomic E-state index is 0.542. The van der Waals surface area contributed by atoms with Crippen LogP contribution in [0.15, 0.2) is 6.07 Å². The normalized spacial score (nSPS) is 18.6. The molecule has 1 fully saturated rings. The maximum atomic E-state index is 6.29. The van der Waals surface area contributed by atoms with Gasteiger partial charge in [0.2, 0.25) is 0 Å². The van der Waals surface area contributed by atoms with Crippen LogP contribution >= 0.6 is 23.2 Å². The molecule has 0 radical (unpaired) electrons. The molecule has 2 heterocycles. The molecule has 1 N–H and O–H groups in total. The highest BCUT2D eigenvalue weighted by atomic mass is 35.5. The molecular formula is C14H21Cl2N3O. The van der Waals surface area contributed by atoms with E-state index < -0.39 is 0 Å². The number of aromatic nitrogens is 1. The van der Waals surface area contributed by atoms with Gasteiger partial charge in [-0.15, -0.1) is 0 Å². The zero-order valence-electron chi connectivity index (χ0n) is 12.0. The molecule has 1 aromatic heterocycles. The Morgan fingerprint density at radius 2 is 2.25 bits per heavy atom. The van der Waals surface area contributed by atoms with Crippen LogP contribution in [0.5, 0.6) is 0 Å². The molecule has 1 aliphatic rings. The topological polar surface area (TPSA) is 37.4 Å². The highest BCUT2D eigenvalue weighted by Crippen LogP contribution is 2.34. The van der Waals surface area contributed by atoms with Gasteiger partial charge >= 0.3 is 0 Å². The van der Waals surface area contributed by atoms with Crippen molar-refractivity contribution in [1.82, 2.24) is 4.98 Å². The van der Waals surface area contributed by atoms with E-state index in [0.29, 0.717) is 21.8 Å². The molecule has 0 spiro atoms. The van der Waals surface area contributed by atoms with Crippen molar-refractivity contribution in [1.29, 1.82) is 0 Å². The summed E-state index contributed by atoms with van der Waals surface area (Å²) in [5, 5.41) is 4.41. The van der Waals surface area contributed by atoms with Gasteiger partial charge in [-0.1, -0.05) is 30.1 Å². The number of nitrogens with one attached hydrogen (secondary N) is 1. The van der Waals surface area contributed by atoms with Crippen LogP contribution < -0.4 is 10.2 Å². The largest absolute Gasteiger partial charge is 0.384 e. The molecular weight excluding hydrogens is 297 g/mol. The summed E-state index contributed by atoms with van der Waals surface area (Å²) in [6, 6.07) is 1.77. The first-order valence-electron chi connectivity index (χ1n) is 6.99. The number of methoxy groups -OCH3 is 1. The predicted molar refractivity (Wildman–Crippen MR) is 85.2 cm³/mol. The Labute approximate surface area is 130 Å². The average Bonchev–Trinajstić information content (AvgIpc) is 2.87. The zero-order chi connectivity index (χ0) is 14.5. The number of hydrogen-bond acceptors (Lipinski definition) is 4. The lowest BCUT2D eigenvalue weighted by molar-refractivity contribution is 0.161. The van der Waals surface area contributed by atoms with Crippen molar-refractivity contribution in [2.24, 2.45) is 5.92 Å². The minimum Gasteiger partial charge on any atom is -0.384 e. The van der Waals surface area contributed by atoms with Crippen LogP contribution in [-0.4, -0.2) is 38.3 Å². The van der Waals surface area contributed by atoms with Crippen molar-refractivity contribution in [2.45, 2.75) is 19.8 Å². The molecule has 1 aromatic rings. The molecule has 1 atom stereocenters. The average molecular weight is 318 g/mol. The Morgan fingerprint density at radius 1 is 1.45 bits per heavy atom. The standard InChI is InChI=1S/C14H21Cl2N3O/c1-3-5-17-13-11(15)7-12(16)14(18-13)19-6-4-10(8-19)9-20-2/h7,10H,3-6,8-9H2,1-2H3,(H,17,18). The molecule has 2 rings (SSSR count). The molecule has 1 unspecified atom stereocenters. The van der Waals surface area contributed by atoms with E-state index in [1.54, 1.807) is 13.2 Å². The molecule has 0 bridgehead atoms. The van der Waals surface area contributed by atoms with E-state index >= 15 is 0 Å². The van der Waals surface area contributed by atoms with E-state index in [-0.39, 0.29) is 0 Å². The quantitative estimate of drug-likeness (QED) is 0.868. The lowest BCUT2D eigenvalue weighted by atomic mass is 10.1. The van der Waals surface area contributed by atoms with Crippen LogP contribution in [0.25, 0.3) is 0 Å². The summed E-state index contributed by atoms with van der Waals surface area (Å²) < 4.78 is 5.22. The van der Waals surface area contributed by atoms with E-state index in [1.807, 2.05) is 0 Å². The van der Waals surface area contributed by atoms with E-state index in [9.17, 15) is 0 Å². The van der Waals surface area contributed by atoms with Crippen LogP contribution in [0.4, 0.5) is 11.6 Å². The molecule has 0 amide bonds. The Bertz CT molecular complexity index is 456. The second kappa shape index (κ2) is 7.34. The maximum Gasteiger partial charge on any atom is 0.149 e. The Hall–Kier alpha value is -0.710. The van der Waals surface area contributed by atoms with Gasteiger partial charge < -0.3 is 15.0 Å². The first kappa shape index (κ1) is 15.7. The molecule has 112 valence electrons. The van der Waals surface area contributed by atoms with E-state index in [2.05, 4.69) is 22.1 Å². The van der Waals surface area contributed by atoms with Gasteiger partial charge in [-0.2, -0.15) is 0 Å². The number of halogens is 2. The lowest BCUT2D eigenvalue weighted by Crippen LogP contribution is -2.23. The summed E-state index contributed by atoms with van der Waals surface area (Å²) in [5.74, 6) is 2.07. The Kier molecular flexibility index (Phi) is 5.75. The number of ether oxygens (including phenoxy) is 1. The molecule has 0 saturated carbocycles. The molecule has 4 nitrogen and oxygen atoms in total. The van der Waals surface area contributed by atoms with Gasteiger partial charge in [0.15, 0.2) is 0 Å². The second-order valence-electron chi connectivity index (χ2n) is 5.11. The van der Waals surface area contributed by atoms with Gasteiger partial charge in [-0.25, -0.2) is 4.98 Å².